The van der Waals surface area contributed by atoms with Crippen LogP contribution in [0.5, 0.6) is 5.75 Å². The van der Waals surface area contributed by atoms with Crippen LogP contribution in [0.25, 0.3) is 0 Å². The average Bonchev–Trinajstić information content (AvgIpc) is 3.19. The van der Waals surface area contributed by atoms with Crippen LogP contribution in [0.1, 0.15) is 73.1 Å². The number of primary amides is 1. The summed E-state index contributed by atoms with van der Waals surface area (Å²) in [6.07, 6.45) is 7.05. The van der Waals surface area contributed by atoms with Gasteiger partial charge in [-0.1, -0.05) is 57.2 Å². The quantitative estimate of drug-likeness (QED) is 0.689. The largest absolute Gasteiger partial charge is 0.487 e. The molecule has 0 spiro atoms. The molecule has 28 heavy (non-hydrogen) atoms. The van der Waals surface area contributed by atoms with Crippen LogP contribution in [0, 0.1) is 0 Å². The van der Waals surface area contributed by atoms with E-state index < -0.39 is 11.7 Å². The molecule has 0 heterocycles. The van der Waals surface area contributed by atoms with Gasteiger partial charge < -0.3 is 19.9 Å². The minimum Gasteiger partial charge on any atom is -0.487 e. The van der Waals surface area contributed by atoms with E-state index in [1.54, 1.807) is 27.7 Å². The molecule has 1 unspecified atom stereocenters. The van der Waals surface area contributed by atoms with Crippen LogP contribution in [0.3, 0.4) is 0 Å². The lowest BCUT2D eigenvalue weighted by atomic mass is 10.2. The zero-order valence-corrected chi connectivity index (χ0v) is 18.0. The summed E-state index contributed by atoms with van der Waals surface area (Å²) in [6, 6.07) is 9.48. The summed E-state index contributed by atoms with van der Waals surface area (Å²) in [6.45, 7) is 9.22. The van der Waals surface area contributed by atoms with E-state index in [0.717, 1.165) is 5.75 Å². The van der Waals surface area contributed by atoms with Crippen molar-refractivity contribution in [3.8, 4) is 5.75 Å². The van der Waals surface area contributed by atoms with Gasteiger partial charge in [0.15, 0.2) is 0 Å². The second-order valence-electron chi connectivity index (χ2n) is 7.58. The number of nitrogens with two attached hydrogens (primary N) is 1. The van der Waals surface area contributed by atoms with E-state index >= 15 is 0 Å². The fourth-order valence-electron chi connectivity index (χ4n) is 2.26. The lowest BCUT2D eigenvalue weighted by molar-refractivity contribution is -0.145. The van der Waals surface area contributed by atoms with Crippen molar-refractivity contribution >= 4 is 12.1 Å². The Morgan fingerprint density at radius 2 is 1.54 bits per heavy atom. The average molecular weight is 396 g/mol. The third-order valence-corrected chi connectivity index (χ3v) is 3.50. The number of para-hydroxylation sites is 1. The molecule has 1 saturated carbocycles. The van der Waals surface area contributed by atoms with E-state index in [1.807, 2.05) is 37.3 Å². The van der Waals surface area contributed by atoms with Gasteiger partial charge in [0.1, 0.15) is 24.1 Å². The number of rotatable bonds is 5. The third-order valence-electron chi connectivity index (χ3n) is 3.50. The Balaban J connectivity index is 0.000000465. The van der Waals surface area contributed by atoms with Gasteiger partial charge in [0.05, 0.1) is 0 Å². The molecular formula is C22H37NO5. The van der Waals surface area contributed by atoms with Gasteiger partial charge in [0, 0.05) is 6.42 Å². The normalized spacial score (nSPS) is 13.8. The monoisotopic (exact) mass is 395 g/mol. The summed E-state index contributed by atoms with van der Waals surface area (Å²) in [4.78, 5) is 20.9. The number of benzene rings is 1. The molecule has 1 aromatic carbocycles. The Hall–Kier alpha value is -2.24. The van der Waals surface area contributed by atoms with Crippen LogP contribution in [-0.2, 0) is 14.3 Å². The molecule has 1 fully saturated rings. The Morgan fingerprint density at radius 1 is 1.04 bits per heavy atom. The van der Waals surface area contributed by atoms with Crippen molar-refractivity contribution < 1.29 is 23.8 Å². The maximum Gasteiger partial charge on any atom is 0.405 e. The van der Waals surface area contributed by atoms with Crippen molar-refractivity contribution in [3.63, 3.8) is 0 Å². The second kappa shape index (κ2) is 14.8. The first kappa shape index (κ1) is 25.8. The number of amides is 1. The third kappa shape index (κ3) is 17.2. The van der Waals surface area contributed by atoms with Crippen LogP contribution in [0.15, 0.2) is 30.3 Å². The molecule has 1 aromatic rings. The number of carbonyl (C=O) groups is 2. The molecule has 1 amide bonds. The number of ether oxygens (including phenoxy) is 3. The molecule has 6 nitrogen and oxygen atoms in total. The zero-order chi connectivity index (χ0) is 21.4. The van der Waals surface area contributed by atoms with Crippen molar-refractivity contribution in [3.05, 3.63) is 30.3 Å². The highest BCUT2D eigenvalue weighted by atomic mass is 16.6. The molecule has 0 bridgehead atoms. The van der Waals surface area contributed by atoms with Crippen molar-refractivity contribution in [1.29, 1.82) is 0 Å². The van der Waals surface area contributed by atoms with Crippen LogP contribution in [0.2, 0.25) is 0 Å². The van der Waals surface area contributed by atoms with Crippen LogP contribution in [-0.4, -0.2) is 30.4 Å². The zero-order valence-electron chi connectivity index (χ0n) is 18.0. The van der Waals surface area contributed by atoms with Crippen LogP contribution in [0.4, 0.5) is 4.79 Å². The Morgan fingerprint density at radius 3 is 1.89 bits per heavy atom. The van der Waals surface area contributed by atoms with Gasteiger partial charge in [-0.15, -0.1) is 0 Å². The minimum absolute atomic E-state index is 0.122. The Kier molecular flexibility index (Phi) is 13.6. The molecule has 0 saturated heterocycles. The van der Waals surface area contributed by atoms with Gasteiger partial charge in [-0.05, 0) is 39.8 Å². The smallest absolute Gasteiger partial charge is 0.405 e. The summed E-state index contributed by atoms with van der Waals surface area (Å²) < 4.78 is 15.1. The number of carbonyl (C=O) groups excluding carboxylic acids is 2. The number of hydrogen-bond acceptors (Lipinski definition) is 5. The summed E-state index contributed by atoms with van der Waals surface area (Å²) in [5, 5.41) is 0. The summed E-state index contributed by atoms with van der Waals surface area (Å²) in [7, 11) is 0. The maximum atomic E-state index is 10.9. The molecule has 0 radical (unpaired) electrons. The fraction of sp³-hybridized carbons (Fsp3) is 0.636. The first-order valence-electron chi connectivity index (χ1n) is 9.99. The van der Waals surface area contributed by atoms with Gasteiger partial charge >= 0.3 is 12.1 Å². The van der Waals surface area contributed by atoms with Gasteiger partial charge in [-0.3, -0.25) is 4.79 Å². The highest BCUT2D eigenvalue weighted by Gasteiger charge is 2.12. The summed E-state index contributed by atoms with van der Waals surface area (Å²) in [5.41, 5.74) is 4.26. The summed E-state index contributed by atoms with van der Waals surface area (Å²) in [5.74, 6) is 0.594. The Bertz CT molecular complexity index is 528. The highest BCUT2D eigenvalue weighted by Crippen LogP contribution is 2.15. The Labute approximate surface area is 169 Å². The molecule has 160 valence electrons. The molecule has 0 aliphatic heterocycles. The van der Waals surface area contributed by atoms with E-state index in [1.165, 1.54) is 32.1 Å². The van der Waals surface area contributed by atoms with E-state index in [4.69, 9.17) is 15.2 Å². The maximum absolute atomic E-state index is 10.9. The molecular weight excluding hydrogens is 358 g/mol. The second-order valence-corrected chi connectivity index (χ2v) is 7.58. The molecule has 1 atom stereocenters. The molecule has 1 aliphatic carbocycles. The first-order chi connectivity index (χ1) is 13.1. The molecule has 1 aliphatic rings. The SMILES string of the molecule is C1CCCC1.CC(C)(C)OC(N)=O.CCC(=O)OCC(C)Oc1ccccc1. The van der Waals surface area contributed by atoms with Gasteiger partial charge in [-0.25, -0.2) is 4.79 Å². The topological polar surface area (TPSA) is 87.9 Å². The predicted molar refractivity (Wildman–Crippen MR) is 111 cm³/mol. The summed E-state index contributed by atoms with van der Waals surface area (Å²) >= 11 is 0. The predicted octanol–water partition coefficient (Wildman–Crippen LogP) is 5.24. The van der Waals surface area contributed by atoms with Crippen LogP contribution < -0.4 is 10.5 Å². The number of hydrogen-bond donors (Lipinski definition) is 1. The van der Waals surface area contributed by atoms with Crippen LogP contribution >= 0.6 is 0 Å². The first-order valence-corrected chi connectivity index (χ1v) is 9.99. The standard InChI is InChI=1S/C12H16O3.C5H11NO2.C5H10/c1-3-12(13)14-9-10(2)15-11-7-5-4-6-8-11;1-5(2,3)8-4(6)7;1-2-4-5-3-1/h4-8,10H,3,9H2,1-2H3;1-3H3,(H2,6,7);1-5H2. The number of esters is 1. The van der Waals surface area contributed by atoms with Gasteiger partial charge in [0.2, 0.25) is 0 Å². The van der Waals surface area contributed by atoms with Gasteiger partial charge in [-0.2, -0.15) is 0 Å². The van der Waals surface area contributed by atoms with Crippen molar-refractivity contribution in [2.45, 2.75) is 84.8 Å². The van der Waals surface area contributed by atoms with E-state index in [0.29, 0.717) is 13.0 Å². The molecule has 6 heteroatoms. The van der Waals surface area contributed by atoms with Gasteiger partial charge in [0.25, 0.3) is 0 Å². The molecule has 2 rings (SSSR count). The van der Waals surface area contributed by atoms with E-state index in [9.17, 15) is 9.59 Å². The van der Waals surface area contributed by atoms with Crippen molar-refractivity contribution in [2.75, 3.05) is 6.61 Å². The lowest BCUT2D eigenvalue weighted by Crippen LogP contribution is -2.27. The van der Waals surface area contributed by atoms with Crippen molar-refractivity contribution in [2.24, 2.45) is 5.73 Å². The molecule has 0 aromatic heterocycles. The highest BCUT2D eigenvalue weighted by molar-refractivity contribution is 5.68. The lowest BCUT2D eigenvalue weighted by Gasteiger charge is -2.16. The van der Waals surface area contributed by atoms with E-state index in [2.05, 4.69) is 4.74 Å². The molecule has 2 N–H and O–H groups in total. The van der Waals surface area contributed by atoms with E-state index in [-0.39, 0.29) is 12.1 Å². The van der Waals surface area contributed by atoms with Crippen molar-refractivity contribution in [1.82, 2.24) is 0 Å². The minimum atomic E-state index is -0.725. The fourth-order valence-corrected chi connectivity index (χ4v) is 2.26.